The second-order valence-electron chi connectivity index (χ2n) is 2.61. The van der Waals surface area contributed by atoms with Crippen molar-refractivity contribution in [1.29, 1.82) is 0 Å². The molecule has 0 heterocycles. The predicted molar refractivity (Wildman–Crippen MR) is 53.4 cm³/mol. The Labute approximate surface area is 85.2 Å². The molecular formula is C9H11BrFNO. The fraction of sp³-hybridized carbons (Fsp3) is 0.333. The predicted octanol–water partition coefficient (Wildman–Crippen LogP) is 2.32. The molecule has 0 spiro atoms. The molecule has 0 amide bonds. The first-order valence-corrected chi connectivity index (χ1v) is 4.65. The molecule has 0 aliphatic rings. The van der Waals surface area contributed by atoms with Crippen LogP contribution in [0.4, 0.5) is 4.39 Å². The first-order valence-electron chi connectivity index (χ1n) is 3.85. The van der Waals surface area contributed by atoms with Crippen LogP contribution in [0.3, 0.4) is 0 Å². The highest BCUT2D eigenvalue weighted by Crippen LogP contribution is 2.29. The third kappa shape index (κ3) is 2.42. The van der Waals surface area contributed by atoms with Crippen LogP contribution < -0.4 is 10.1 Å². The third-order valence-electron chi connectivity index (χ3n) is 1.66. The zero-order valence-electron chi connectivity index (χ0n) is 7.53. The van der Waals surface area contributed by atoms with Gasteiger partial charge in [0.2, 0.25) is 0 Å². The van der Waals surface area contributed by atoms with E-state index in [2.05, 4.69) is 21.2 Å². The zero-order valence-corrected chi connectivity index (χ0v) is 9.11. The molecule has 0 atom stereocenters. The molecule has 0 aliphatic carbocycles. The van der Waals surface area contributed by atoms with Gasteiger partial charge in [0, 0.05) is 12.1 Å². The van der Waals surface area contributed by atoms with E-state index in [4.69, 9.17) is 4.74 Å². The van der Waals surface area contributed by atoms with Gasteiger partial charge < -0.3 is 10.1 Å². The maximum Gasteiger partial charge on any atom is 0.137 e. The van der Waals surface area contributed by atoms with Gasteiger partial charge in [0.1, 0.15) is 11.6 Å². The summed E-state index contributed by atoms with van der Waals surface area (Å²) in [5.74, 6) is 0.411. The number of halogens is 2. The molecule has 0 aromatic heterocycles. The molecule has 0 unspecified atom stereocenters. The molecule has 72 valence electrons. The highest BCUT2D eigenvalue weighted by molar-refractivity contribution is 9.10. The summed E-state index contributed by atoms with van der Waals surface area (Å²) in [5.41, 5.74) is 0.803. The number of benzene rings is 1. The first-order chi connectivity index (χ1) is 6.19. The Balaban J connectivity index is 3.13. The number of hydrogen-bond donors (Lipinski definition) is 1. The van der Waals surface area contributed by atoms with E-state index in [1.165, 1.54) is 12.1 Å². The lowest BCUT2D eigenvalue weighted by molar-refractivity contribution is 0.404. The van der Waals surface area contributed by atoms with Gasteiger partial charge in [-0.2, -0.15) is 0 Å². The molecule has 0 aliphatic heterocycles. The summed E-state index contributed by atoms with van der Waals surface area (Å²) in [7, 11) is 3.37. The second-order valence-corrected chi connectivity index (χ2v) is 3.46. The number of methoxy groups -OCH3 is 1. The van der Waals surface area contributed by atoms with Gasteiger partial charge in [-0.15, -0.1) is 0 Å². The van der Waals surface area contributed by atoms with Crippen LogP contribution in [0.2, 0.25) is 0 Å². The summed E-state index contributed by atoms with van der Waals surface area (Å²) >= 11 is 3.24. The Kier molecular flexibility index (Phi) is 3.69. The minimum atomic E-state index is -0.266. The van der Waals surface area contributed by atoms with Gasteiger partial charge in [0.05, 0.1) is 11.6 Å². The molecule has 1 aromatic rings. The van der Waals surface area contributed by atoms with E-state index >= 15 is 0 Å². The largest absolute Gasteiger partial charge is 0.495 e. The number of hydrogen-bond acceptors (Lipinski definition) is 2. The van der Waals surface area contributed by atoms with Crippen molar-refractivity contribution in [1.82, 2.24) is 5.32 Å². The Morgan fingerprint density at radius 3 is 2.77 bits per heavy atom. The SMILES string of the molecule is CNCc1cc(F)cc(Br)c1OC. The molecule has 0 saturated carbocycles. The average molecular weight is 248 g/mol. The minimum absolute atomic E-state index is 0.266. The van der Waals surface area contributed by atoms with Crippen LogP contribution >= 0.6 is 15.9 Å². The molecule has 1 aromatic carbocycles. The minimum Gasteiger partial charge on any atom is -0.495 e. The number of ether oxygens (including phenoxy) is 1. The van der Waals surface area contributed by atoms with Crippen molar-refractivity contribution in [2.24, 2.45) is 0 Å². The van der Waals surface area contributed by atoms with Crippen molar-refractivity contribution >= 4 is 15.9 Å². The van der Waals surface area contributed by atoms with E-state index in [1.807, 2.05) is 0 Å². The topological polar surface area (TPSA) is 21.3 Å². The van der Waals surface area contributed by atoms with Gasteiger partial charge in [-0.25, -0.2) is 4.39 Å². The first kappa shape index (κ1) is 10.5. The molecule has 0 fully saturated rings. The fourth-order valence-electron chi connectivity index (χ4n) is 1.16. The highest BCUT2D eigenvalue weighted by atomic mass is 79.9. The fourth-order valence-corrected chi connectivity index (χ4v) is 1.80. The van der Waals surface area contributed by atoms with Crippen molar-refractivity contribution in [3.63, 3.8) is 0 Å². The summed E-state index contributed by atoms with van der Waals surface area (Å²) in [6, 6.07) is 2.85. The van der Waals surface area contributed by atoms with E-state index < -0.39 is 0 Å². The van der Waals surface area contributed by atoms with Gasteiger partial charge >= 0.3 is 0 Å². The molecular weight excluding hydrogens is 237 g/mol. The second kappa shape index (κ2) is 4.58. The number of nitrogens with one attached hydrogen (secondary N) is 1. The van der Waals surface area contributed by atoms with Crippen molar-refractivity contribution in [3.05, 3.63) is 28.0 Å². The van der Waals surface area contributed by atoms with E-state index in [1.54, 1.807) is 14.2 Å². The summed E-state index contributed by atoms with van der Waals surface area (Å²) in [4.78, 5) is 0. The summed E-state index contributed by atoms with van der Waals surface area (Å²) < 4.78 is 18.7. The normalized spacial score (nSPS) is 10.2. The van der Waals surface area contributed by atoms with E-state index in [-0.39, 0.29) is 5.82 Å². The van der Waals surface area contributed by atoms with Gasteiger partial charge in [0.25, 0.3) is 0 Å². The summed E-state index contributed by atoms with van der Waals surface area (Å²) in [6.07, 6.45) is 0. The highest BCUT2D eigenvalue weighted by Gasteiger charge is 2.08. The molecule has 1 rings (SSSR count). The van der Waals surface area contributed by atoms with Crippen LogP contribution in [-0.4, -0.2) is 14.2 Å². The Morgan fingerprint density at radius 1 is 1.54 bits per heavy atom. The van der Waals surface area contributed by atoms with Gasteiger partial charge in [0.15, 0.2) is 0 Å². The van der Waals surface area contributed by atoms with E-state index in [9.17, 15) is 4.39 Å². The Morgan fingerprint density at radius 2 is 2.23 bits per heavy atom. The van der Waals surface area contributed by atoms with Gasteiger partial charge in [-0.1, -0.05) is 0 Å². The lowest BCUT2D eigenvalue weighted by Gasteiger charge is -2.09. The zero-order chi connectivity index (χ0) is 9.84. The molecule has 0 bridgehead atoms. The van der Waals surface area contributed by atoms with Gasteiger partial charge in [-0.05, 0) is 35.1 Å². The Hall–Kier alpha value is -0.610. The van der Waals surface area contributed by atoms with Crippen molar-refractivity contribution < 1.29 is 9.13 Å². The molecule has 0 saturated heterocycles. The summed E-state index contributed by atoms with van der Waals surface area (Å²) in [5, 5.41) is 2.95. The van der Waals surface area contributed by atoms with Crippen molar-refractivity contribution in [2.45, 2.75) is 6.54 Å². The number of rotatable bonds is 3. The maximum atomic E-state index is 13.0. The quantitative estimate of drug-likeness (QED) is 0.886. The van der Waals surface area contributed by atoms with Crippen LogP contribution in [0.1, 0.15) is 5.56 Å². The van der Waals surface area contributed by atoms with Crippen LogP contribution in [0.15, 0.2) is 16.6 Å². The molecule has 13 heavy (non-hydrogen) atoms. The van der Waals surface area contributed by atoms with Crippen LogP contribution in [0, 0.1) is 5.82 Å². The monoisotopic (exact) mass is 247 g/mol. The smallest absolute Gasteiger partial charge is 0.137 e. The van der Waals surface area contributed by atoms with E-state index in [0.717, 1.165) is 5.56 Å². The van der Waals surface area contributed by atoms with Gasteiger partial charge in [-0.3, -0.25) is 0 Å². The van der Waals surface area contributed by atoms with Crippen LogP contribution in [-0.2, 0) is 6.54 Å². The molecule has 0 radical (unpaired) electrons. The third-order valence-corrected chi connectivity index (χ3v) is 2.25. The Bertz CT molecular complexity index is 304. The average Bonchev–Trinajstić information content (AvgIpc) is 2.04. The van der Waals surface area contributed by atoms with Crippen LogP contribution in [0.25, 0.3) is 0 Å². The molecule has 1 N–H and O–H groups in total. The van der Waals surface area contributed by atoms with Crippen LogP contribution in [0.5, 0.6) is 5.75 Å². The lowest BCUT2D eigenvalue weighted by atomic mass is 10.2. The lowest BCUT2D eigenvalue weighted by Crippen LogP contribution is -2.07. The molecule has 2 nitrogen and oxygen atoms in total. The maximum absolute atomic E-state index is 13.0. The summed E-state index contributed by atoms with van der Waals surface area (Å²) in [6.45, 7) is 0.583. The standard InChI is InChI=1S/C9H11BrFNO/c1-12-5-6-3-7(11)4-8(10)9(6)13-2/h3-4,12H,5H2,1-2H3. The van der Waals surface area contributed by atoms with E-state index in [0.29, 0.717) is 16.8 Å². The van der Waals surface area contributed by atoms with Crippen molar-refractivity contribution in [3.8, 4) is 5.75 Å². The molecule has 4 heteroatoms. The van der Waals surface area contributed by atoms with Crippen molar-refractivity contribution in [2.75, 3.05) is 14.2 Å².